The van der Waals surface area contributed by atoms with Crippen molar-refractivity contribution >= 4 is 10.2 Å². The van der Waals surface area contributed by atoms with Crippen LogP contribution < -0.4 is 5.32 Å². The lowest BCUT2D eigenvalue weighted by atomic mass is 10.1. The van der Waals surface area contributed by atoms with E-state index in [9.17, 15) is 12.8 Å². The fourth-order valence-electron chi connectivity index (χ4n) is 2.57. The highest BCUT2D eigenvalue weighted by Gasteiger charge is 2.35. The maximum absolute atomic E-state index is 13.4. The predicted molar refractivity (Wildman–Crippen MR) is 80.6 cm³/mol. The molecule has 5 nitrogen and oxygen atoms in total. The summed E-state index contributed by atoms with van der Waals surface area (Å²) in [7, 11) is -1.94. The van der Waals surface area contributed by atoms with Crippen molar-refractivity contribution in [1.29, 1.82) is 0 Å². The van der Waals surface area contributed by atoms with Crippen molar-refractivity contribution in [3.8, 4) is 0 Å². The standard InChI is InChI=1S/C14H22FN3O2S/c1-3-8-17(2)21(19,20)18-9-7-16-11-14(18)12-5-4-6-13(15)10-12/h4-6,10,14,16H,3,7-9,11H2,1-2H3. The van der Waals surface area contributed by atoms with E-state index in [-0.39, 0.29) is 11.9 Å². The van der Waals surface area contributed by atoms with Gasteiger partial charge in [-0.15, -0.1) is 0 Å². The molecule has 1 aromatic rings. The summed E-state index contributed by atoms with van der Waals surface area (Å²) in [6, 6.07) is 5.77. The number of hydrogen-bond acceptors (Lipinski definition) is 3. The second-order valence-corrected chi connectivity index (χ2v) is 7.20. The lowest BCUT2D eigenvalue weighted by Gasteiger charge is -2.37. The molecular formula is C14H22FN3O2S. The molecule has 0 aliphatic carbocycles. The second kappa shape index (κ2) is 6.83. The Balaban J connectivity index is 2.31. The van der Waals surface area contributed by atoms with E-state index in [4.69, 9.17) is 0 Å². The second-order valence-electron chi connectivity index (χ2n) is 5.21. The van der Waals surface area contributed by atoms with E-state index in [1.165, 1.54) is 20.7 Å². The molecule has 1 saturated heterocycles. The molecule has 21 heavy (non-hydrogen) atoms. The molecule has 1 aromatic carbocycles. The molecule has 0 saturated carbocycles. The molecule has 1 unspecified atom stereocenters. The SMILES string of the molecule is CCCN(C)S(=O)(=O)N1CCNCC1c1cccc(F)c1. The molecule has 1 aliphatic heterocycles. The van der Waals surface area contributed by atoms with E-state index in [0.717, 1.165) is 6.42 Å². The maximum atomic E-state index is 13.4. The summed E-state index contributed by atoms with van der Waals surface area (Å²) in [6.45, 7) is 3.89. The van der Waals surface area contributed by atoms with Crippen LogP contribution in [-0.2, 0) is 10.2 Å². The Morgan fingerprint density at radius 2 is 2.24 bits per heavy atom. The first-order chi connectivity index (χ1) is 9.96. The van der Waals surface area contributed by atoms with Gasteiger partial charge in [0.1, 0.15) is 5.82 Å². The topological polar surface area (TPSA) is 52.7 Å². The molecule has 0 bridgehead atoms. The molecule has 0 amide bonds. The normalized spacial score (nSPS) is 20.9. The van der Waals surface area contributed by atoms with Gasteiger partial charge < -0.3 is 5.32 Å². The van der Waals surface area contributed by atoms with Gasteiger partial charge in [-0.25, -0.2) is 4.39 Å². The van der Waals surface area contributed by atoms with Crippen LogP contribution in [0.5, 0.6) is 0 Å². The van der Waals surface area contributed by atoms with Crippen LogP contribution in [0.25, 0.3) is 0 Å². The third-order valence-corrected chi connectivity index (χ3v) is 5.66. The number of halogens is 1. The van der Waals surface area contributed by atoms with E-state index in [1.54, 1.807) is 19.2 Å². The summed E-state index contributed by atoms with van der Waals surface area (Å²) in [5.74, 6) is -0.350. The number of nitrogens with one attached hydrogen (secondary N) is 1. The molecule has 118 valence electrons. The van der Waals surface area contributed by atoms with E-state index < -0.39 is 10.2 Å². The summed E-state index contributed by atoms with van der Waals surface area (Å²) in [6.07, 6.45) is 0.756. The monoisotopic (exact) mass is 315 g/mol. The fourth-order valence-corrected chi connectivity index (χ4v) is 4.18. The van der Waals surface area contributed by atoms with Crippen LogP contribution in [0.15, 0.2) is 24.3 Å². The molecular weight excluding hydrogens is 293 g/mol. The number of benzene rings is 1. The molecule has 2 rings (SSSR count). The Bertz CT molecular complexity index is 579. The highest BCUT2D eigenvalue weighted by Crippen LogP contribution is 2.26. The van der Waals surface area contributed by atoms with E-state index in [2.05, 4.69) is 5.32 Å². The molecule has 1 N–H and O–H groups in total. The first kappa shape index (κ1) is 16.4. The molecule has 0 spiro atoms. The molecule has 1 heterocycles. The quantitative estimate of drug-likeness (QED) is 0.892. The number of hydrogen-bond donors (Lipinski definition) is 1. The molecule has 7 heteroatoms. The minimum Gasteiger partial charge on any atom is -0.313 e. The van der Waals surface area contributed by atoms with E-state index in [1.807, 2.05) is 6.92 Å². The molecule has 0 aromatic heterocycles. The Hall–Kier alpha value is -1.02. The zero-order valence-corrected chi connectivity index (χ0v) is 13.2. The predicted octanol–water partition coefficient (Wildman–Crippen LogP) is 1.36. The first-order valence-corrected chi connectivity index (χ1v) is 8.55. The maximum Gasteiger partial charge on any atom is 0.282 e. The van der Waals surface area contributed by atoms with Crippen molar-refractivity contribution in [3.05, 3.63) is 35.6 Å². The Labute approximate surface area is 125 Å². The van der Waals surface area contributed by atoms with Gasteiger partial charge in [0.2, 0.25) is 0 Å². The average molecular weight is 315 g/mol. The zero-order valence-electron chi connectivity index (χ0n) is 12.4. The van der Waals surface area contributed by atoms with Crippen LogP contribution in [0.4, 0.5) is 4.39 Å². The van der Waals surface area contributed by atoms with Gasteiger partial charge in [-0.05, 0) is 24.1 Å². The van der Waals surface area contributed by atoms with Crippen molar-refractivity contribution in [1.82, 2.24) is 13.9 Å². The first-order valence-electron chi connectivity index (χ1n) is 7.16. The summed E-state index contributed by atoms with van der Waals surface area (Å²) in [5.41, 5.74) is 0.677. The summed E-state index contributed by atoms with van der Waals surface area (Å²) in [5, 5.41) is 3.18. The van der Waals surface area contributed by atoms with Crippen molar-refractivity contribution in [2.75, 3.05) is 33.2 Å². The van der Waals surface area contributed by atoms with Crippen LogP contribution in [0.1, 0.15) is 24.9 Å². The Morgan fingerprint density at radius 1 is 1.48 bits per heavy atom. The van der Waals surface area contributed by atoms with Gasteiger partial charge >= 0.3 is 0 Å². The van der Waals surface area contributed by atoms with Gasteiger partial charge in [0, 0.05) is 33.2 Å². The summed E-state index contributed by atoms with van der Waals surface area (Å²) >= 11 is 0. The Kier molecular flexibility index (Phi) is 5.32. The average Bonchev–Trinajstić information content (AvgIpc) is 2.47. The molecule has 1 aliphatic rings. The molecule has 1 fully saturated rings. The highest BCUT2D eigenvalue weighted by molar-refractivity contribution is 7.86. The third kappa shape index (κ3) is 3.60. The van der Waals surface area contributed by atoms with Gasteiger partial charge in [0.15, 0.2) is 0 Å². The number of rotatable bonds is 5. The van der Waals surface area contributed by atoms with Crippen molar-refractivity contribution in [3.63, 3.8) is 0 Å². The largest absolute Gasteiger partial charge is 0.313 e. The van der Waals surface area contributed by atoms with E-state index in [0.29, 0.717) is 31.7 Å². The number of nitrogens with zero attached hydrogens (tertiary/aromatic N) is 2. The molecule has 0 radical (unpaired) electrons. The lowest BCUT2D eigenvalue weighted by molar-refractivity contribution is 0.252. The van der Waals surface area contributed by atoms with Crippen LogP contribution >= 0.6 is 0 Å². The zero-order chi connectivity index (χ0) is 15.5. The van der Waals surface area contributed by atoms with Gasteiger partial charge in [-0.3, -0.25) is 0 Å². The van der Waals surface area contributed by atoms with Crippen LogP contribution in [-0.4, -0.2) is 50.3 Å². The smallest absolute Gasteiger partial charge is 0.282 e. The van der Waals surface area contributed by atoms with Gasteiger partial charge in [0.25, 0.3) is 10.2 Å². The summed E-state index contributed by atoms with van der Waals surface area (Å²) < 4.78 is 41.6. The Morgan fingerprint density at radius 3 is 2.90 bits per heavy atom. The number of piperazine rings is 1. The van der Waals surface area contributed by atoms with Crippen LogP contribution in [0.2, 0.25) is 0 Å². The lowest BCUT2D eigenvalue weighted by Crippen LogP contribution is -2.52. The highest BCUT2D eigenvalue weighted by atomic mass is 32.2. The minimum absolute atomic E-state index is 0.350. The molecule has 1 atom stereocenters. The summed E-state index contributed by atoms with van der Waals surface area (Å²) in [4.78, 5) is 0. The van der Waals surface area contributed by atoms with Crippen LogP contribution in [0, 0.1) is 5.82 Å². The van der Waals surface area contributed by atoms with Crippen LogP contribution in [0.3, 0.4) is 0 Å². The van der Waals surface area contributed by atoms with Crippen molar-refractivity contribution in [2.24, 2.45) is 0 Å². The third-order valence-electron chi connectivity index (χ3n) is 3.66. The van der Waals surface area contributed by atoms with E-state index >= 15 is 0 Å². The van der Waals surface area contributed by atoms with Gasteiger partial charge in [0.05, 0.1) is 6.04 Å². The van der Waals surface area contributed by atoms with Crippen molar-refractivity contribution < 1.29 is 12.8 Å². The van der Waals surface area contributed by atoms with Gasteiger partial charge in [-0.1, -0.05) is 19.1 Å². The fraction of sp³-hybridized carbons (Fsp3) is 0.571. The van der Waals surface area contributed by atoms with Crippen molar-refractivity contribution in [2.45, 2.75) is 19.4 Å². The minimum atomic E-state index is -3.53. The van der Waals surface area contributed by atoms with Gasteiger partial charge in [-0.2, -0.15) is 17.0 Å².